The van der Waals surface area contributed by atoms with E-state index in [1.54, 1.807) is 32.2 Å². The molecule has 92 valence electrons. The number of hydrogen-bond donors (Lipinski definition) is 3. The van der Waals surface area contributed by atoms with Gasteiger partial charge in [-0.15, -0.1) is 0 Å². The molecule has 2 atom stereocenters. The molecule has 1 aromatic carbocycles. The van der Waals surface area contributed by atoms with E-state index in [1.165, 1.54) is 4.90 Å². The van der Waals surface area contributed by atoms with E-state index in [2.05, 4.69) is 0 Å². The molecule has 0 saturated carbocycles. The number of aliphatic hydroxyl groups is 2. The van der Waals surface area contributed by atoms with Gasteiger partial charge in [0.05, 0.1) is 12.6 Å². The third-order valence-corrected chi connectivity index (χ3v) is 3.57. The number of nitrogens with two attached hydrogens (primary N) is 1. The summed E-state index contributed by atoms with van der Waals surface area (Å²) in [6.45, 7) is 1.24. The number of anilines is 1. The van der Waals surface area contributed by atoms with E-state index in [0.29, 0.717) is 16.8 Å². The molecule has 5 nitrogen and oxygen atoms in total. The molecule has 4 N–H and O–H groups in total. The van der Waals surface area contributed by atoms with Crippen molar-refractivity contribution in [1.82, 2.24) is 4.90 Å². The lowest BCUT2D eigenvalue weighted by molar-refractivity contribution is -0.0761. The molecule has 1 aliphatic rings. The van der Waals surface area contributed by atoms with Crippen LogP contribution < -0.4 is 5.73 Å². The largest absolute Gasteiger partial charge is 0.399 e. The zero-order valence-electron chi connectivity index (χ0n) is 9.84. The summed E-state index contributed by atoms with van der Waals surface area (Å²) >= 11 is 0. The fourth-order valence-electron chi connectivity index (χ4n) is 2.24. The van der Waals surface area contributed by atoms with E-state index in [4.69, 9.17) is 5.73 Å². The number of carbonyl (C=O) groups is 1. The highest BCUT2D eigenvalue weighted by Crippen LogP contribution is 2.36. The van der Waals surface area contributed by atoms with Gasteiger partial charge in [-0.1, -0.05) is 0 Å². The number of fused-ring (bicyclic) bond motifs is 1. The highest BCUT2D eigenvalue weighted by molar-refractivity contribution is 5.98. The van der Waals surface area contributed by atoms with Crippen LogP contribution in [0, 0.1) is 0 Å². The van der Waals surface area contributed by atoms with Crippen LogP contribution in [-0.2, 0) is 5.60 Å². The second kappa shape index (κ2) is 3.72. The number of rotatable bonds is 1. The molecule has 2 unspecified atom stereocenters. The fourth-order valence-corrected chi connectivity index (χ4v) is 2.24. The summed E-state index contributed by atoms with van der Waals surface area (Å²) in [7, 11) is 1.60. The Labute approximate surface area is 99.5 Å². The van der Waals surface area contributed by atoms with E-state index < -0.39 is 18.2 Å². The van der Waals surface area contributed by atoms with Gasteiger partial charge in [-0.3, -0.25) is 4.79 Å². The summed E-state index contributed by atoms with van der Waals surface area (Å²) in [5.41, 5.74) is 5.44. The average Bonchev–Trinajstić information content (AvgIpc) is 2.33. The molecule has 1 aliphatic heterocycles. The monoisotopic (exact) mass is 236 g/mol. The van der Waals surface area contributed by atoms with Gasteiger partial charge in [0.2, 0.25) is 0 Å². The molecule has 0 spiro atoms. The van der Waals surface area contributed by atoms with Crippen LogP contribution in [0.4, 0.5) is 5.69 Å². The van der Waals surface area contributed by atoms with E-state index in [-0.39, 0.29) is 5.91 Å². The van der Waals surface area contributed by atoms with Gasteiger partial charge in [0, 0.05) is 23.9 Å². The van der Waals surface area contributed by atoms with Crippen LogP contribution in [0.3, 0.4) is 0 Å². The highest BCUT2D eigenvalue weighted by Gasteiger charge is 2.46. The number of likely N-dealkylation sites (N-methyl/N-ethyl adjacent to an activating group) is 1. The number of nitrogen functional groups attached to an aromatic ring is 1. The standard InChI is InChI=1S/C12H16N2O3/c1-7-12(17,6-15)10-5-8(13)3-4-9(10)11(16)14(7)2/h3-5,7,15,17H,6,13H2,1-2H3. The van der Waals surface area contributed by atoms with Gasteiger partial charge in [0.15, 0.2) is 0 Å². The summed E-state index contributed by atoms with van der Waals surface area (Å²) in [5.74, 6) is -0.175. The van der Waals surface area contributed by atoms with Crippen LogP contribution in [0.25, 0.3) is 0 Å². The number of aliphatic hydroxyl groups excluding tert-OH is 1. The molecule has 0 radical (unpaired) electrons. The maximum absolute atomic E-state index is 12.0. The first-order valence-electron chi connectivity index (χ1n) is 5.42. The van der Waals surface area contributed by atoms with Gasteiger partial charge in [0.25, 0.3) is 5.91 Å². The van der Waals surface area contributed by atoms with Crippen LogP contribution in [-0.4, -0.2) is 40.7 Å². The molecule has 0 saturated heterocycles. The summed E-state index contributed by atoms with van der Waals surface area (Å²) in [5, 5.41) is 19.9. The Kier molecular flexibility index (Phi) is 2.60. The van der Waals surface area contributed by atoms with E-state index in [9.17, 15) is 15.0 Å². The quantitative estimate of drug-likeness (QED) is 0.595. The summed E-state index contributed by atoms with van der Waals surface area (Å²) < 4.78 is 0. The molecule has 2 rings (SSSR count). The Morgan fingerprint density at radius 1 is 1.53 bits per heavy atom. The predicted molar refractivity (Wildman–Crippen MR) is 63.4 cm³/mol. The van der Waals surface area contributed by atoms with Crippen molar-refractivity contribution >= 4 is 11.6 Å². The average molecular weight is 236 g/mol. The van der Waals surface area contributed by atoms with Crippen LogP contribution in [0.1, 0.15) is 22.8 Å². The maximum Gasteiger partial charge on any atom is 0.254 e. The number of amides is 1. The first-order chi connectivity index (χ1) is 7.91. The Hall–Kier alpha value is -1.59. The topological polar surface area (TPSA) is 86.8 Å². The zero-order chi connectivity index (χ0) is 12.8. The number of hydrogen-bond acceptors (Lipinski definition) is 4. The SMILES string of the molecule is CC1N(C)C(=O)c2ccc(N)cc2C1(O)CO. The number of carbonyl (C=O) groups excluding carboxylic acids is 1. The first-order valence-corrected chi connectivity index (χ1v) is 5.42. The van der Waals surface area contributed by atoms with Gasteiger partial charge in [-0.05, 0) is 25.1 Å². The fraction of sp³-hybridized carbons (Fsp3) is 0.417. The molecular formula is C12H16N2O3. The second-order valence-corrected chi connectivity index (χ2v) is 4.48. The Morgan fingerprint density at radius 3 is 2.76 bits per heavy atom. The van der Waals surface area contributed by atoms with Crippen molar-refractivity contribution in [1.29, 1.82) is 0 Å². The summed E-state index contributed by atoms with van der Waals surface area (Å²) in [6, 6.07) is 4.23. The van der Waals surface area contributed by atoms with Crippen LogP contribution >= 0.6 is 0 Å². The van der Waals surface area contributed by atoms with E-state index in [1.807, 2.05) is 0 Å². The number of nitrogens with zero attached hydrogens (tertiary/aromatic N) is 1. The highest BCUT2D eigenvalue weighted by atomic mass is 16.3. The van der Waals surface area contributed by atoms with Gasteiger partial charge >= 0.3 is 0 Å². The molecule has 1 heterocycles. The van der Waals surface area contributed by atoms with Crippen LogP contribution in [0.15, 0.2) is 18.2 Å². The molecule has 17 heavy (non-hydrogen) atoms. The smallest absolute Gasteiger partial charge is 0.254 e. The molecule has 0 fully saturated rings. The van der Waals surface area contributed by atoms with Crippen LogP contribution in [0.5, 0.6) is 0 Å². The molecule has 5 heteroatoms. The Morgan fingerprint density at radius 2 is 2.18 bits per heavy atom. The summed E-state index contributed by atoms with van der Waals surface area (Å²) in [6.07, 6.45) is 0. The van der Waals surface area contributed by atoms with Crippen LogP contribution in [0.2, 0.25) is 0 Å². The molecule has 1 aromatic rings. The third-order valence-electron chi connectivity index (χ3n) is 3.57. The normalized spacial score (nSPS) is 28.1. The van der Waals surface area contributed by atoms with Crippen molar-refractivity contribution in [3.05, 3.63) is 29.3 Å². The molecule has 0 aromatic heterocycles. The number of benzene rings is 1. The zero-order valence-corrected chi connectivity index (χ0v) is 9.84. The van der Waals surface area contributed by atoms with Gasteiger partial charge in [-0.2, -0.15) is 0 Å². The van der Waals surface area contributed by atoms with Gasteiger partial charge < -0.3 is 20.8 Å². The van der Waals surface area contributed by atoms with Crippen molar-refractivity contribution in [2.45, 2.75) is 18.6 Å². The predicted octanol–water partition coefficient (Wildman–Crippen LogP) is -0.0772. The third kappa shape index (κ3) is 1.50. The van der Waals surface area contributed by atoms with Gasteiger partial charge in [-0.25, -0.2) is 0 Å². The molecule has 1 amide bonds. The van der Waals surface area contributed by atoms with Crippen molar-refractivity contribution in [3.63, 3.8) is 0 Å². The lowest BCUT2D eigenvalue weighted by atomic mass is 9.80. The van der Waals surface area contributed by atoms with E-state index >= 15 is 0 Å². The maximum atomic E-state index is 12.0. The van der Waals surface area contributed by atoms with Crippen molar-refractivity contribution < 1.29 is 15.0 Å². The van der Waals surface area contributed by atoms with Crippen molar-refractivity contribution in [2.24, 2.45) is 0 Å². The molecular weight excluding hydrogens is 220 g/mol. The van der Waals surface area contributed by atoms with Crippen molar-refractivity contribution in [2.75, 3.05) is 19.4 Å². The molecule has 0 aliphatic carbocycles. The van der Waals surface area contributed by atoms with E-state index in [0.717, 1.165) is 0 Å². The minimum Gasteiger partial charge on any atom is -0.399 e. The minimum atomic E-state index is -1.46. The van der Waals surface area contributed by atoms with Crippen molar-refractivity contribution in [3.8, 4) is 0 Å². The minimum absolute atomic E-state index is 0.175. The Balaban J connectivity index is 2.70. The second-order valence-electron chi connectivity index (χ2n) is 4.48. The van der Waals surface area contributed by atoms with Gasteiger partial charge in [0.1, 0.15) is 5.60 Å². The summed E-state index contributed by atoms with van der Waals surface area (Å²) in [4.78, 5) is 13.5. The lowest BCUT2D eigenvalue weighted by Crippen LogP contribution is -2.56. The first kappa shape index (κ1) is 11.9. The molecule has 0 bridgehead atoms. The lowest BCUT2D eigenvalue weighted by Gasteiger charge is -2.43. The Bertz CT molecular complexity index is 475.